The Kier molecular flexibility index (Phi) is 7.38. The van der Waals surface area contributed by atoms with Crippen LogP contribution in [0.25, 0.3) is 0 Å². The van der Waals surface area contributed by atoms with Gasteiger partial charge in [0.25, 0.3) is 0 Å². The van der Waals surface area contributed by atoms with Gasteiger partial charge in [-0.05, 0) is 51.2 Å². The van der Waals surface area contributed by atoms with Crippen molar-refractivity contribution in [1.82, 2.24) is 30.4 Å². The molecule has 8 heteroatoms. The van der Waals surface area contributed by atoms with Crippen molar-refractivity contribution >= 4 is 11.8 Å². The molecule has 2 aliphatic rings. The summed E-state index contributed by atoms with van der Waals surface area (Å²) >= 11 is 0. The molecule has 0 aliphatic carbocycles. The van der Waals surface area contributed by atoms with Crippen molar-refractivity contribution in [2.45, 2.75) is 70.9 Å². The highest BCUT2D eigenvalue weighted by Crippen LogP contribution is 2.18. The van der Waals surface area contributed by atoms with E-state index < -0.39 is 0 Å². The average molecular weight is 425 g/mol. The summed E-state index contributed by atoms with van der Waals surface area (Å²) in [6.07, 6.45) is 9.00. The van der Waals surface area contributed by atoms with Gasteiger partial charge in [0.05, 0.1) is 0 Å². The van der Waals surface area contributed by atoms with Gasteiger partial charge in [-0.25, -0.2) is 4.98 Å². The predicted molar refractivity (Wildman–Crippen MR) is 125 cm³/mol. The molecule has 0 amide bonds. The topological polar surface area (TPSA) is 83.3 Å². The molecule has 0 unspecified atom stereocenters. The molecule has 8 nitrogen and oxygen atoms in total. The van der Waals surface area contributed by atoms with E-state index in [2.05, 4.69) is 52.4 Å². The highest BCUT2D eigenvalue weighted by Gasteiger charge is 2.21. The zero-order valence-electron chi connectivity index (χ0n) is 19.0. The maximum atomic E-state index is 4.66. The van der Waals surface area contributed by atoms with Gasteiger partial charge in [-0.1, -0.05) is 12.5 Å². The van der Waals surface area contributed by atoms with Gasteiger partial charge in [0.15, 0.2) is 5.96 Å². The summed E-state index contributed by atoms with van der Waals surface area (Å²) in [5.74, 6) is 4.29. The molecule has 2 aliphatic heterocycles. The molecule has 31 heavy (non-hydrogen) atoms. The number of rotatable bonds is 6. The van der Waals surface area contributed by atoms with Crippen molar-refractivity contribution < 1.29 is 0 Å². The van der Waals surface area contributed by atoms with E-state index in [0.29, 0.717) is 6.04 Å². The Morgan fingerprint density at radius 1 is 1.13 bits per heavy atom. The number of anilines is 1. The van der Waals surface area contributed by atoms with E-state index >= 15 is 0 Å². The van der Waals surface area contributed by atoms with E-state index in [1.165, 1.54) is 25.1 Å². The molecule has 168 valence electrons. The van der Waals surface area contributed by atoms with Crippen molar-refractivity contribution in [3.8, 4) is 0 Å². The Morgan fingerprint density at radius 3 is 2.81 bits per heavy atom. The first-order valence-corrected chi connectivity index (χ1v) is 11.8. The Hall–Kier alpha value is -2.64. The van der Waals surface area contributed by atoms with Crippen LogP contribution in [0.3, 0.4) is 0 Å². The summed E-state index contributed by atoms with van der Waals surface area (Å²) in [4.78, 5) is 11.5. The second kappa shape index (κ2) is 10.6. The Morgan fingerprint density at radius 2 is 2.00 bits per heavy atom. The highest BCUT2D eigenvalue weighted by molar-refractivity contribution is 5.79. The zero-order chi connectivity index (χ0) is 21.5. The van der Waals surface area contributed by atoms with E-state index in [0.717, 1.165) is 81.6 Å². The molecule has 0 bridgehead atoms. The number of hydrogen-bond acceptors (Lipinski definition) is 5. The zero-order valence-corrected chi connectivity index (χ0v) is 19.0. The number of aliphatic imine (C=N–C) groups is 1. The lowest BCUT2D eigenvalue weighted by Gasteiger charge is -2.34. The molecule has 4 rings (SSSR count). The molecule has 0 spiro atoms. The molecular formula is C23H36N8. The van der Waals surface area contributed by atoms with Gasteiger partial charge in [0.2, 0.25) is 0 Å². The number of aryl methyl sites for hydroxylation is 3. The van der Waals surface area contributed by atoms with Crippen molar-refractivity contribution in [3.05, 3.63) is 35.5 Å². The summed E-state index contributed by atoms with van der Waals surface area (Å²) in [6.45, 7) is 6.04. The number of pyridine rings is 1. The lowest BCUT2D eigenvalue weighted by Crippen LogP contribution is -2.49. The third-order valence-corrected chi connectivity index (χ3v) is 6.31. The van der Waals surface area contributed by atoms with Crippen LogP contribution in [0.1, 0.15) is 55.9 Å². The normalized spacial score (nSPS) is 17.9. The van der Waals surface area contributed by atoms with E-state index in [1.807, 2.05) is 20.0 Å². The number of hydrogen-bond donors (Lipinski definition) is 2. The SMILES string of the molecule is CN=C(NCCCc1nnc2n1CCCCC2)NC1CCN(c2cccc(C)n2)CC1. The Balaban J connectivity index is 1.18. The fraction of sp³-hybridized carbons (Fsp3) is 0.652. The minimum absolute atomic E-state index is 0.444. The van der Waals surface area contributed by atoms with Gasteiger partial charge in [0, 0.05) is 57.8 Å². The first-order valence-electron chi connectivity index (χ1n) is 11.8. The molecule has 0 aromatic carbocycles. The maximum Gasteiger partial charge on any atom is 0.191 e. The fourth-order valence-corrected chi connectivity index (χ4v) is 4.53. The quantitative estimate of drug-likeness (QED) is 0.421. The highest BCUT2D eigenvalue weighted by atomic mass is 15.3. The molecule has 1 fully saturated rings. The molecule has 0 radical (unpaired) electrons. The monoisotopic (exact) mass is 424 g/mol. The minimum atomic E-state index is 0.444. The second-order valence-electron chi connectivity index (χ2n) is 8.64. The minimum Gasteiger partial charge on any atom is -0.356 e. The molecule has 2 aromatic heterocycles. The first kappa shape index (κ1) is 21.6. The molecule has 4 heterocycles. The predicted octanol–water partition coefficient (Wildman–Crippen LogP) is 2.47. The Bertz CT molecular complexity index is 866. The van der Waals surface area contributed by atoms with E-state index in [1.54, 1.807) is 0 Å². The van der Waals surface area contributed by atoms with Crippen molar-refractivity contribution in [3.63, 3.8) is 0 Å². The Labute approximate surface area is 185 Å². The number of piperidine rings is 1. The van der Waals surface area contributed by atoms with Gasteiger partial charge in [0.1, 0.15) is 17.5 Å². The first-order chi connectivity index (χ1) is 15.2. The summed E-state index contributed by atoms with van der Waals surface area (Å²) in [5, 5.41) is 15.9. The molecular weight excluding hydrogens is 388 g/mol. The summed E-state index contributed by atoms with van der Waals surface area (Å²) in [7, 11) is 1.85. The third-order valence-electron chi connectivity index (χ3n) is 6.31. The molecule has 1 saturated heterocycles. The second-order valence-corrected chi connectivity index (χ2v) is 8.64. The van der Waals surface area contributed by atoms with Crippen LogP contribution in [0, 0.1) is 6.92 Å². The summed E-state index contributed by atoms with van der Waals surface area (Å²) in [5.41, 5.74) is 1.07. The van der Waals surface area contributed by atoms with Gasteiger partial charge in [-0.15, -0.1) is 10.2 Å². The van der Waals surface area contributed by atoms with Crippen LogP contribution in [0.5, 0.6) is 0 Å². The molecule has 0 atom stereocenters. The maximum absolute atomic E-state index is 4.66. The van der Waals surface area contributed by atoms with Gasteiger partial charge >= 0.3 is 0 Å². The summed E-state index contributed by atoms with van der Waals surface area (Å²) < 4.78 is 2.34. The van der Waals surface area contributed by atoms with Crippen LogP contribution in [0.15, 0.2) is 23.2 Å². The number of nitrogens with zero attached hydrogens (tertiary/aromatic N) is 6. The van der Waals surface area contributed by atoms with Gasteiger partial charge in [-0.3, -0.25) is 4.99 Å². The van der Waals surface area contributed by atoms with Crippen molar-refractivity contribution in [1.29, 1.82) is 0 Å². The van der Waals surface area contributed by atoms with Crippen molar-refractivity contribution in [2.24, 2.45) is 4.99 Å². The molecule has 0 saturated carbocycles. The van der Waals surface area contributed by atoms with E-state index in [-0.39, 0.29) is 0 Å². The average Bonchev–Trinajstić information content (AvgIpc) is 3.01. The van der Waals surface area contributed by atoms with Crippen LogP contribution in [-0.2, 0) is 19.4 Å². The standard InChI is InChI=1S/C23H36N8/c1-18-8-6-10-20(26-18)30-16-12-19(13-17-30)27-23(24-2)25-14-7-11-22-29-28-21-9-4-3-5-15-31(21)22/h6,8,10,19H,3-5,7,9,11-17H2,1-2H3,(H2,24,25,27). The van der Waals surface area contributed by atoms with E-state index in [4.69, 9.17) is 0 Å². The smallest absolute Gasteiger partial charge is 0.191 e. The van der Waals surface area contributed by atoms with Crippen LogP contribution in [-0.4, -0.2) is 58.4 Å². The van der Waals surface area contributed by atoms with Crippen molar-refractivity contribution in [2.75, 3.05) is 31.6 Å². The lowest BCUT2D eigenvalue weighted by molar-refractivity contribution is 0.459. The number of guanidine groups is 1. The van der Waals surface area contributed by atoms with Crippen LogP contribution in [0.2, 0.25) is 0 Å². The largest absolute Gasteiger partial charge is 0.356 e. The summed E-state index contributed by atoms with van der Waals surface area (Å²) in [6, 6.07) is 6.69. The lowest BCUT2D eigenvalue weighted by atomic mass is 10.1. The third kappa shape index (κ3) is 5.74. The van der Waals surface area contributed by atoms with Gasteiger partial charge < -0.3 is 20.1 Å². The van der Waals surface area contributed by atoms with Crippen LogP contribution >= 0.6 is 0 Å². The molecule has 2 N–H and O–H groups in total. The van der Waals surface area contributed by atoms with Crippen LogP contribution < -0.4 is 15.5 Å². The van der Waals surface area contributed by atoms with Crippen LogP contribution in [0.4, 0.5) is 5.82 Å². The fourth-order valence-electron chi connectivity index (χ4n) is 4.53. The number of aromatic nitrogens is 4. The number of fused-ring (bicyclic) bond motifs is 1. The molecule has 2 aromatic rings. The number of nitrogens with one attached hydrogen (secondary N) is 2. The van der Waals surface area contributed by atoms with E-state index in [9.17, 15) is 0 Å². The van der Waals surface area contributed by atoms with Gasteiger partial charge in [-0.2, -0.15) is 0 Å².